The van der Waals surface area contributed by atoms with Crippen LogP contribution in [-0.2, 0) is 11.2 Å². The van der Waals surface area contributed by atoms with Crippen LogP contribution in [-0.4, -0.2) is 22.0 Å². The highest BCUT2D eigenvalue weighted by atomic mass is 19.1. The summed E-state index contributed by atoms with van der Waals surface area (Å²) in [5.41, 5.74) is 0.453. The summed E-state index contributed by atoms with van der Waals surface area (Å²) >= 11 is 0. The van der Waals surface area contributed by atoms with Crippen molar-refractivity contribution in [2.75, 3.05) is 5.32 Å². The van der Waals surface area contributed by atoms with Crippen LogP contribution in [0.2, 0.25) is 0 Å². The van der Waals surface area contributed by atoms with Crippen LogP contribution in [0.25, 0.3) is 0 Å². The van der Waals surface area contributed by atoms with E-state index in [4.69, 9.17) is 15.3 Å². The van der Waals surface area contributed by atoms with Gasteiger partial charge in [0.05, 0.1) is 0 Å². The van der Waals surface area contributed by atoms with Crippen molar-refractivity contribution in [3.8, 4) is 17.9 Å². The van der Waals surface area contributed by atoms with Gasteiger partial charge in [-0.2, -0.15) is 10.5 Å². The van der Waals surface area contributed by atoms with Gasteiger partial charge in [0.2, 0.25) is 5.95 Å². The Kier molecular flexibility index (Phi) is 3.20. The van der Waals surface area contributed by atoms with Crippen molar-refractivity contribution in [2.45, 2.75) is 12.5 Å². The average Bonchev–Trinajstić information content (AvgIpc) is 3.11. The smallest absolute Gasteiger partial charge is 0.268 e. The van der Waals surface area contributed by atoms with Crippen LogP contribution in [0.4, 0.5) is 10.3 Å². The number of anilines is 1. The number of benzene rings is 1. The minimum atomic E-state index is -0.895. The second-order valence-corrected chi connectivity index (χ2v) is 4.56. The Labute approximate surface area is 124 Å². The SMILES string of the molecule is N#Cc1nc(NC(=O)[C@@H]2Cc3cccc(F)c3O2)[nH]c1C#N. The molecule has 1 aliphatic heterocycles. The van der Waals surface area contributed by atoms with Gasteiger partial charge in [0.1, 0.15) is 12.1 Å². The number of aromatic nitrogens is 2. The molecule has 0 saturated carbocycles. The lowest BCUT2D eigenvalue weighted by molar-refractivity contribution is -0.122. The molecule has 0 spiro atoms. The Morgan fingerprint density at radius 2 is 2.27 bits per heavy atom. The van der Waals surface area contributed by atoms with Crippen molar-refractivity contribution < 1.29 is 13.9 Å². The molecule has 2 aromatic rings. The van der Waals surface area contributed by atoms with Crippen molar-refractivity contribution >= 4 is 11.9 Å². The van der Waals surface area contributed by atoms with Crippen molar-refractivity contribution in [2.24, 2.45) is 0 Å². The van der Waals surface area contributed by atoms with E-state index in [0.717, 1.165) is 0 Å². The van der Waals surface area contributed by atoms with E-state index in [1.807, 2.05) is 0 Å². The predicted octanol–water partition coefficient (Wildman–Crippen LogP) is 1.23. The van der Waals surface area contributed by atoms with Crippen molar-refractivity contribution in [1.29, 1.82) is 10.5 Å². The van der Waals surface area contributed by atoms with E-state index < -0.39 is 17.8 Å². The van der Waals surface area contributed by atoms with Gasteiger partial charge in [-0.1, -0.05) is 12.1 Å². The summed E-state index contributed by atoms with van der Waals surface area (Å²) in [6, 6.07) is 7.97. The number of nitrogens with one attached hydrogen (secondary N) is 2. The molecule has 0 radical (unpaired) electrons. The largest absolute Gasteiger partial charge is 0.477 e. The van der Waals surface area contributed by atoms with Gasteiger partial charge in [-0.15, -0.1) is 0 Å². The average molecular weight is 297 g/mol. The number of imidazole rings is 1. The number of rotatable bonds is 2. The first-order chi connectivity index (χ1) is 10.6. The number of carbonyl (C=O) groups excluding carboxylic acids is 1. The normalized spacial score (nSPS) is 15.3. The molecule has 0 saturated heterocycles. The summed E-state index contributed by atoms with van der Waals surface area (Å²) in [5.74, 6) is -1.03. The molecule has 22 heavy (non-hydrogen) atoms. The molecule has 0 fully saturated rings. The predicted molar refractivity (Wildman–Crippen MR) is 71.2 cm³/mol. The highest BCUT2D eigenvalue weighted by Crippen LogP contribution is 2.31. The second-order valence-electron chi connectivity index (χ2n) is 4.56. The number of H-pyrrole nitrogens is 1. The molecule has 108 valence electrons. The summed E-state index contributed by atoms with van der Waals surface area (Å²) in [4.78, 5) is 18.4. The summed E-state index contributed by atoms with van der Waals surface area (Å²) in [6.07, 6.45) is -0.663. The van der Waals surface area contributed by atoms with E-state index in [1.165, 1.54) is 6.07 Å². The van der Waals surface area contributed by atoms with Crippen LogP contribution in [0.3, 0.4) is 0 Å². The van der Waals surface area contributed by atoms with Gasteiger partial charge < -0.3 is 9.72 Å². The Morgan fingerprint density at radius 3 is 2.91 bits per heavy atom. The molecule has 0 bridgehead atoms. The summed E-state index contributed by atoms with van der Waals surface area (Å²) in [7, 11) is 0. The van der Waals surface area contributed by atoms with Gasteiger partial charge in [0.25, 0.3) is 5.91 Å². The monoisotopic (exact) mass is 297 g/mol. The molecule has 8 heteroatoms. The Morgan fingerprint density at radius 1 is 1.45 bits per heavy atom. The van der Waals surface area contributed by atoms with E-state index in [0.29, 0.717) is 5.56 Å². The minimum absolute atomic E-state index is 0.0295. The summed E-state index contributed by atoms with van der Waals surface area (Å²) < 4.78 is 18.9. The van der Waals surface area contributed by atoms with Crippen LogP contribution in [0.15, 0.2) is 18.2 Å². The molecule has 1 aliphatic rings. The molecule has 0 aliphatic carbocycles. The van der Waals surface area contributed by atoms with Gasteiger partial charge in [0, 0.05) is 12.0 Å². The first kappa shape index (κ1) is 13.6. The van der Waals surface area contributed by atoms with Crippen molar-refractivity contribution in [3.63, 3.8) is 0 Å². The quantitative estimate of drug-likeness (QED) is 0.865. The highest BCUT2D eigenvalue weighted by Gasteiger charge is 2.31. The number of nitriles is 2. The van der Waals surface area contributed by atoms with Gasteiger partial charge >= 0.3 is 0 Å². The molecule has 2 heterocycles. The maximum absolute atomic E-state index is 13.6. The molecule has 3 rings (SSSR count). The molecular weight excluding hydrogens is 289 g/mol. The first-order valence-corrected chi connectivity index (χ1v) is 6.27. The third-order valence-electron chi connectivity index (χ3n) is 3.17. The van der Waals surface area contributed by atoms with Crippen LogP contribution in [0.1, 0.15) is 17.0 Å². The topological polar surface area (TPSA) is 115 Å². The zero-order valence-electron chi connectivity index (χ0n) is 11.1. The lowest BCUT2D eigenvalue weighted by atomic mass is 10.1. The minimum Gasteiger partial charge on any atom is -0.477 e. The molecule has 1 aromatic carbocycles. The number of halogens is 1. The third-order valence-corrected chi connectivity index (χ3v) is 3.17. The molecule has 1 amide bonds. The molecule has 2 N–H and O–H groups in total. The molecule has 1 aromatic heterocycles. The van der Waals surface area contributed by atoms with Crippen LogP contribution >= 0.6 is 0 Å². The maximum Gasteiger partial charge on any atom is 0.268 e. The number of nitrogens with zero attached hydrogens (tertiary/aromatic N) is 3. The fourth-order valence-corrected chi connectivity index (χ4v) is 2.17. The number of hydrogen-bond acceptors (Lipinski definition) is 5. The second kappa shape index (κ2) is 5.19. The number of fused-ring (bicyclic) bond motifs is 1. The van der Waals surface area contributed by atoms with Crippen LogP contribution in [0, 0.1) is 28.5 Å². The first-order valence-electron chi connectivity index (χ1n) is 6.27. The number of hydrogen-bond donors (Lipinski definition) is 2. The van der Waals surface area contributed by atoms with Gasteiger partial charge in [-0.3, -0.25) is 10.1 Å². The molecule has 7 nitrogen and oxygen atoms in total. The number of ether oxygens (including phenoxy) is 1. The molecular formula is C14H8FN5O2. The zero-order valence-corrected chi connectivity index (χ0v) is 11.1. The van der Waals surface area contributed by atoms with Gasteiger partial charge in [0.15, 0.2) is 29.1 Å². The van der Waals surface area contributed by atoms with Crippen LogP contribution < -0.4 is 10.1 Å². The maximum atomic E-state index is 13.6. The third kappa shape index (κ3) is 2.23. The Bertz CT molecular complexity index is 814. The van der Waals surface area contributed by atoms with E-state index in [1.54, 1.807) is 24.3 Å². The fourth-order valence-electron chi connectivity index (χ4n) is 2.17. The fraction of sp³-hybridized carbons (Fsp3) is 0.143. The molecule has 1 atom stereocenters. The number of aromatic amines is 1. The van der Waals surface area contributed by atoms with E-state index in [9.17, 15) is 9.18 Å². The lowest BCUT2D eigenvalue weighted by Crippen LogP contribution is -2.31. The van der Waals surface area contributed by atoms with Gasteiger partial charge in [-0.25, -0.2) is 9.37 Å². The number of carbonyl (C=O) groups is 1. The van der Waals surface area contributed by atoms with E-state index in [2.05, 4.69) is 15.3 Å². The van der Waals surface area contributed by atoms with Crippen molar-refractivity contribution in [1.82, 2.24) is 9.97 Å². The van der Waals surface area contributed by atoms with Crippen LogP contribution in [0.5, 0.6) is 5.75 Å². The standard InChI is InChI=1S/C14H8FN5O2/c15-8-3-1-2-7-4-11(22-12(7)8)13(21)20-14-18-9(5-16)10(6-17)19-14/h1-3,11H,4H2,(H2,18,19,20,21)/t11-/m0/s1. The summed E-state index contributed by atoms with van der Waals surface area (Å²) in [6.45, 7) is 0. The Hall–Kier alpha value is -3.39. The molecule has 0 unspecified atom stereocenters. The Balaban J connectivity index is 1.75. The number of amides is 1. The zero-order chi connectivity index (χ0) is 15.7. The highest BCUT2D eigenvalue weighted by molar-refractivity contribution is 5.93. The number of para-hydroxylation sites is 1. The van der Waals surface area contributed by atoms with Gasteiger partial charge in [-0.05, 0) is 6.07 Å². The summed E-state index contributed by atoms with van der Waals surface area (Å²) in [5, 5.41) is 20.0. The van der Waals surface area contributed by atoms with E-state index in [-0.39, 0.29) is 29.5 Å². The van der Waals surface area contributed by atoms with Crippen molar-refractivity contribution in [3.05, 3.63) is 41.0 Å². The van der Waals surface area contributed by atoms with E-state index >= 15 is 0 Å². The lowest BCUT2D eigenvalue weighted by Gasteiger charge is -2.09.